The SMILES string of the molecule is Cc1ccccc1Cn1ccc(NC(=O)c2ccc(COc3ccccc3Br)o2)n1. The second kappa shape index (κ2) is 9.00. The third-order valence-corrected chi connectivity index (χ3v) is 5.22. The molecule has 0 atom stereocenters. The minimum absolute atomic E-state index is 0.203. The number of para-hydroxylation sites is 1. The first-order valence-corrected chi connectivity index (χ1v) is 10.2. The molecule has 0 bridgehead atoms. The van der Waals surface area contributed by atoms with Gasteiger partial charge in [0.2, 0.25) is 0 Å². The molecule has 0 unspecified atom stereocenters. The number of aryl methyl sites for hydroxylation is 1. The van der Waals surface area contributed by atoms with Crippen molar-refractivity contribution in [1.29, 1.82) is 0 Å². The number of hydrogen-bond donors (Lipinski definition) is 1. The molecule has 30 heavy (non-hydrogen) atoms. The maximum Gasteiger partial charge on any atom is 0.292 e. The van der Waals surface area contributed by atoms with Crippen LogP contribution in [0.15, 0.2) is 81.8 Å². The number of furan rings is 1. The molecule has 2 aromatic heterocycles. The van der Waals surface area contributed by atoms with Crippen LogP contribution in [-0.4, -0.2) is 15.7 Å². The Morgan fingerprint density at radius 3 is 2.73 bits per heavy atom. The summed E-state index contributed by atoms with van der Waals surface area (Å²) in [6.45, 7) is 2.93. The molecule has 0 aliphatic heterocycles. The fourth-order valence-corrected chi connectivity index (χ4v) is 3.34. The van der Waals surface area contributed by atoms with E-state index in [2.05, 4.69) is 45.4 Å². The van der Waals surface area contributed by atoms with Gasteiger partial charge in [-0.3, -0.25) is 9.48 Å². The van der Waals surface area contributed by atoms with E-state index in [0.717, 1.165) is 4.47 Å². The quantitative estimate of drug-likeness (QED) is 0.395. The molecular formula is C23H20BrN3O3. The van der Waals surface area contributed by atoms with Gasteiger partial charge in [-0.1, -0.05) is 36.4 Å². The highest BCUT2D eigenvalue weighted by Crippen LogP contribution is 2.25. The van der Waals surface area contributed by atoms with Crippen molar-refractivity contribution in [2.75, 3.05) is 5.32 Å². The molecule has 152 valence electrons. The molecule has 0 spiro atoms. The number of benzene rings is 2. The van der Waals surface area contributed by atoms with Gasteiger partial charge in [-0.25, -0.2) is 0 Å². The van der Waals surface area contributed by atoms with Crippen molar-refractivity contribution < 1.29 is 13.9 Å². The van der Waals surface area contributed by atoms with E-state index in [1.165, 1.54) is 11.1 Å². The molecule has 0 aliphatic rings. The van der Waals surface area contributed by atoms with Crippen molar-refractivity contribution in [3.63, 3.8) is 0 Å². The average Bonchev–Trinajstić information content (AvgIpc) is 3.39. The normalized spacial score (nSPS) is 10.7. The number of anilines is 1. The number of amides is 1. The molecule has 2 aromatic carbocycles. The van der Waals surface area contributed by atoms with E-state index < -0.39 is 0 Å². The summed E-state index contributed by atoms with van der Waals surface area (Å²) in [5, 5.41) is 7.18. The summed E-state index contributed by atoms with van der Waals surface area (Å²) in [4.78, 5) is 12.5. The lowest BCUT2D eigenvalue weighted by atomic mass is 10.1. The van der Waals surface area contributed by atoms with E-state index in [0.29, 0.717) is 23.9 Å². The van der Waals surface area contributed by atoms with Gasteiger partial charge in [-0.2, -0.15) is 5.10 Å². The fourth-order valence-electron chi connectivity index (χ4n) is 2.94. The van der Waals surface area contributed by atoms with Crippen LogP contribution in [0.5, 0.6) is 5.75 Å². The van der Waals surface area contributed by atoms with Gasteiger partial charge in [0.15, 0.2) is 11.6 Å². The maximum absolute atomic E-state index is 12.5. The summed E-state index contributed by atoms with van der Waals surface area (Å²) >= 11 is 3.43. The van der Waals surface area contributed by atoms with Gasteiger partial charge in [-0.05, 0) is 58.2 Å². The minimum Gasteiger partial charge on any atom is -0.484 e. The Balaban J connectivity index is 1.35. The van der Waals surface area contributed by atoms with Gasteiger partial charge in [0.1, 0.15) is 18.1 Å². The van der Waals surface area contributed by atoms with Crippen molar-refractivity contribution in [3.8, 4) is 5.75 Å². The highest BCUT2D eigenvalue weighted by Gasteiger charge is 2.14. The Morgan fingerprint density at radius 2 is 1.90 bits per heavy atom. The van der Waals surface area contributed by atoms with Crippen molar-refractivity contribution >= 4 is 27.7 Å². The van der Waals surface area contributed by atoms with Crippen molar-refractivity contribution in [3.05, 3.63) is 100 Å². The summed E-state index contributed by atoms with van der Waals surface area (Å²) in [6, 6.07) is 20.8. The zero-order chi connectivity index (χ0) is 20.9. The summed E-state index contributed by atoms with van der Waals surface area (Å²) in [7, 11) is 0. The van der Waals surface area contributed by atoms with Gasteiger partial charge in [-0.15, -0.1) is 0 Å². The summed E-state index contributed by atoms with van der Waals surface area (Å²) in [5.74, 6) is 1.58. The summed E-state index contributed by atoms with van der Waals surface area (Å²) in [5.41, 5.74) is 2.38. The molecule has 4 aromatic rings. The third-order valence-electron chi connectivity index (χ3n) is 4.57. The molecule has 2 heterocycles. The lowest BCUT2D eigenvalue weighted by Gasteiger charge is -2.06. The third kappa shape index (κ3) is 4.80. The Morgan fingerprint density at radius 1 is 1.10 bits per heavy atom. The van der Waals surface area contributed by atoms with Crippen LogP contribution in [-0.2, 0) is 13.2 Å². The largest absolute Gasteiger partial charge is 0.484 e. The first kappa shape index (κ1) is 20.0. The average molecular weight is 466 g/mol. The van der Waals surface area contributed by atoms with Crippen LogP contribution in [0.25, 0.3) is 0 Å². The minimum atomic E-state index is -0.358. The summed E-state index contributed by atoms with van der Waals surface area (Å²) in [6.07, 6.45) is 1.83. The van der Waals surface area contributed by atoms with Crippen molar-refractivity contribution in [1.82, 2.24) is 9.78 Å². The van der Waals surface area contributed by atoms with E-state index in [1.54, 1.807) is 22.9 Å². The van der Waals surface area contributed by atoms with Gasteiger partial charge in [0, 0.05) is 12.3 Å². The molecule has 4 rings (SSSR count). The predicted octanol–water partition coefficient (Wildman–Crippen LogP) is 5.43. The Bertz CT molecular complexity index is 1170. The van der Waals surface area contributed by atoms with Gasteiger partial charge in [0.05, 0.1) is 11.0 Å². The van der Waals surface area contributed by atoms with E-state index in [4.69, 9.17) is 9.15 Å². The van der Waals surface area contributed by atoms with Gasteiger partial charge in [0.25, 0.3) is 5.91 Å². The highest BCUT2D eigenvalue weighted by molar-refractivity contribution is 9.10. The monoisotopic (exact) mass is 465 g/mol. The van der Waals surface area contributed by atoms with Crippen molar-refractivity contribution in [2.45, 2.75) is 20.1 Å². The van der Waals surface area contributed by atoms with Crippen LogP contribution in [0.4, 0.5) is 5.82 Å². The Kier molecular flexibility index (Phi) is 5.99. The molecule has 6 nitrogen and oxygen atoms in total. The molecule has 0 aliphatic carbocycles. The maximum atomic E-state index is 12.5. The smallest absolute Gasteiger partial charge is 0.292 e. The highest BCUT2D eigenvalue weighted by atomic mass is 79.9. The van der Waals surface area contributed by atoms with Gasteiger partial charge < -0.3 is 14.5 Å². The van der Waals surface area contributed by atoms with E-state index in [-0.39, 0.29) is 18.3 Å². The number of ether oxygens (including phenoxy) is 1. The standard InChI is InChI=1S/C23H20BrN3O3/c1-16-6-2-3-7-17(16)14-27-13-12-22(26-27)25-23(28)21-11-10-18(30-21)15-29-20-9-5-4-8-19(20)24/h2-13H,14-15H2,1H3,(H,25,26,28). The number of carbonyl (C=O) groups is 1. The topological polar surface area (TPSA) is 69.3 Å². The first-order valence-electron chi connectivity index (χ1n) is 9.44. The molecule has 1 amide bonds. The van der Waals surface area contributed by atoms with Crippen LogP contribution in [0.3, 0.4) is 0 Å². The van der Waals surface area contributed by atoms with E-state index in [9.17, 15) is 4.79 Å². The lowest BCUT2D eigenvalue weighted by molar-refractivity contribution is 0.0992. The van der Waals surface area contributed by atoms with E-state index in [1.807, 2.05) is 42.6 Å². The Hall–Kier alpha value is -3.32. The van der Waals surface area contributed by atoms with Crippen LogP contribution < -0.4 is 10.1 Å². The molecule has 0 saturated carbocycles. The van der Waals surface area contributed by atoms with E-state index >= 15 is 0 Å². The van der Waals surface area contributed by atoms with Crippen LogP contribution >= 0.6 is 15.9 Å². The fraction of sp³-hybridized carbons (Fsp3) is 0.130. The summed E-state index contributed by atoms with van der Waals surface area (Å²) < 4.78 is 14.0. The van der Waals surface area contributed by atoms with Gasteiger partial charge >= 0.3 is 0 Å². The van der Waals surface area contributed by atoms with Crippen LogP contribution in [0.1, 0.15) is 27.4 Å². The van der Waals surface area contributed by atoms with Crippen LogP contribution in [0, 0.1) is 6.92 Å². The second-order valence-electron chi connectivity index (χ2n) is 6.76. The number of carbonyl (C=O) groups excluding carboxylic acids is 1. The number of nitrogens with zero attached hydrogens (tertiary/aromatic N) is 2. The number of hydrogen-bond acceptors (Lipinski definition) is 4. The molecule has 7 heteroatoms. The molecule has 0 radical (unpaired) electrons. The first-order chi connectivity index (χ1) is 14.6. The zero-order valence-electron chi connectivity index (χ0n) is 16.3. The second-order valence-corrected chi connectivity index (χ2v) is 7.62. The lowest BCUT2D eigenvalue weighted by Crippen LogP contribution is -2.12. The number of halogens is 1. The predicted molar refractivity (Wildman–Crippen MR) is 118 cm³/mol. The van der Waals surface area contributed by atoms with Crippen LogP contribution in [0.2, 0.25) is 0 Å². The number of nitrogens with one attached hydrogen (secondary N) is 1. The zero-order valence-corrected chi connectivity index (χ0v) is 17.9. The Labute approximate surface area is 182 Å². The number of rotatable bonds is 7. The molecular weight excluding hydrogens is 446 g/mol. The molecule has 0 fully saturated rings. The van der Waals surface area contributed by atoms with Crippen molar-refractivity contribution in [2.24, 2.45) is 0 Å². The number of aromatic nitrogens is 2. The molecule has 0 saturated heterocycles. The molecule has 1 N–H and O–H groups in total.